The number of piperidine rings is 1. The summed E-state index contributed by atoms with van der Waals surface area (Å²) < 4.78 is 0. The zero-order valence-electron chi connectivity index (χ0n) is 16.2. The fourth-order valence-corrected chi connectivity index (χ4v) is 3.02. The molecule has 1 rings (SSSR count). The second-order valence-electron chi connectivity index (χ2n) is 8.37. The van der Waals surface area contributed by atoms with Crippen LogP contribution in [0.25, 0.3) is 0 Å². The Morgan fingerprint density at radius 1 is 1.00 bits per heavy atom. The zero-order valence-corrected chi connectivity index (χ0v) is 16.2. The van der Waals surface area contributed by atoms with Crippen LogP contribution >= 0.6 is 0 Å². The van der Waals surface area contributed by atoms with E-state index in [4.69, 9.17) is 0 Å². The minimum atomic E-state index is 0.492. The molecule has 0 aliphatic carbocycles. The number of rotatable bonds is 5. The molecule has 0 saturated carbocycles. The Hall–Kier alpha value is -0.980. The molecule has 0 bridgehead atoms. The molecular weight excluding hydrogens is 266 g/mol. The third-order valence-corrected chi connectivity index (χ3v) is 5.27. The van der Waals surface area contributed by atoms with Crippen molar-refractivity contribution in [3.05, 3.63) is 35.1 Å². The second kappa shape index (κ2) is 7.53. The molecule has 1 aliphatic rings. The van der Waals surface area contributed by atoms with Gasteiger partial charge in [-0.2, -0.15) is 0 Å². The van der Waals surface area contributed by atoms with Crippen molar-refractivity contribution in [2.75, 3.05) is 13.1 Å². The van der Waals surface area contributed by atoms with Crippen molar-refractivity contribution >= 4 is 0 Å². The molecule has 0 aromatic rings. The quantitative estimate of drug-likeness (QED) is 0.547. The van der Waals surface area contributed by atoms with Crippen molar-refractivity contribution in [1.82, 2.24) is 4.90 Å². The van der Waals surface area contributed by atoms with E-state index in [0.29, 0.717) is 17.3 Å². The van der Waals surface area contributed by atoms with E-state index >= 15 is 0 Å². The van der Waals surface area contributed by atoms with Crippen LogP contribution in [-0.4, -0.2) is 18.0 Å². The maximum absolute atomic E-state index is 4.38. The van der Waals surface area contributed by atoms with Gasteiger partial charge in [0.2, 0.25) is 0 Å². The molecule has 0 unspecified atom stereocenters. The van der Waals surface area contributed by atoms with Crippen molar-refractivity contribution in [1.29, 1.82) is 0 Å². The van der Waals surface area contributed by atoms with Crippen LogP contribution in [0.1, 0.15) is 68.2 Å². The molecule has 126 valence electrons. The fraction of sp³-hybridized carbons (Fsp3) is 0.714. The lowest BCUT2D eigenvalue weighted by molar-refractivity contribution is 0.164. The molecule has 0 amide bonds. The number of hydrogen-bond donors (Lipinski definition) is 0. The largest absolute Gasteiger partial charge is 0.372 e. The van der Waals surface area contributed by atoms with Crippen molar-refractivity contribution in [2.24, 2.45) is 17.3 Å². The molecule has 1 heteroatoms. The lowest BCUT2D eigenvalue weighted by atomic mass is 9.82. The molecule has 0 aromatic heterocycles. The summed E-state index contributed by atoms with van der Waals surface area (Å²) >= 11 is 0. The monoisotopic (exact) mass is 303 g/mol. The van der Waals surface area contributed by atoms with Crippen molar-refractivity contribution in [3.63, 3.8) is 0 Å². The average molecular weight is 304 g/mol. The van der Waals surface area contributed by atoms with E-state index in [2.05, 4.69) is 72.9 Å². The van der Waals surface area contributed by atoms with Crippen molar-refractivity contribution in [3.8, 4) is 0 Å². The van der Waals surface area contributed by atoms with Gasteiger partial charge in [-0.3, -0.25) is 0 Å². The van der Waals surface area contributed by atoms with E-state index in [1.54, 1.807) is 0 Å². The smallest absolute Gasteiger partial charge is 0.0322 e. The summed E-state index contributed by atoms with van der Waals surface area (Å²) in [6.07, 6.45) is 4.90. The van der Waals surface area contributed by atoms with E-state index in [-0.39, 0.29) is 0 Å². The van der Waals surface area contributed by atoms with Gasteiger partial charge in [0, 0.05) is 18.8 Å². The summed E-state index contributed by atoms with van der Waals surface area (Å²) in [5.41, 5.74) is 6.01. The van der Waals surface area contributed by atoms with Gasteiger partial charge < -0.3 is 4.90 Å². The molecule has 1 nitrogen and oxygen atoms in total. The van der Waals surface area contributed by atoms with Gasteiger partial charge in [0.05, 0.1) is 0 Å². The van der Waals surface area contributed by atoms with Gasteiger partial charge in [-0.25, -0.2) is 0 Å². The molecule has 1 aliphatic heterocycles. The van der Waals surface area contributed by atoms with Crippen LogP contribution in [0.15, 0.2) is 35.1 Å². The average Bonchev–Trinajstić information content (AvgIpc) is 2.42. The van der Waals surface area contributed by atoms with Crippen LogP contribution in [0.4, 0.5) is 0 Å². The topological polar surface area (TPSA) is 3.24 Å². The highest BCUT2D eigenvalue weighted by Crippen LogP contribution is 2.33. The van der Waals surface area contributed by atoms with E-state index in [9.17, 15) is 0 Å². The molecule has 0 atom stereocenters. The standard InChI is InChI=1S/C21H37N/c1-15(2)18(6)20(16(3)4)14-17(5)19(7)22-12-10-21(8,9)11-13-22/h14-16H,7,10-13H2,1-6,8-9H3/b17-14+,20-18-. The highest BCUT2D eigenvalue weighted by atomic mass is 15.1. The SMILES string of the molecule is C=C(/C(C)=C/C(=C(\C)C(C)C)C(C)C)N1CCC(C)(C)CC1. The van der Waals surface area contributed by atoms with Crippen molar-refractivity contribution < 1.29 is 0 Å². The first-order chi connectivity index (χ1) is 10.0. The van der Waals surface area contributed by atoms with Crippen molar-refractivity contribution in [2.45, 2.75) is 68.2 Å². The first-order valence-electron chi connectivity index (χ1n) is 8.88. The highest BCUT2D eigenvalue weighted by Gasteiger charge is 2.26. The minimum absolute atomic E-state index is 0.492. The number of likely N-dealkylation sites (tertiary alicyclic amines) is 1. The first-order valence-corrected chi connectivity index (χ1v) is 8.88. The van der Waals surface area contributed by atoms with Gasteiger partial charge in [-0.1, -0.05) is 59.8 Å². The zero-order chi connectivity index (χ0) is 17.1. The first kappa shape index (κ1) is 19.1. The predicted molar refractivity (Wildman–Crippen MR) is 99.9 cm³/mol. The fourth-order valence-electron chi connectivity index (χ4n) is 3.02. The molecule has 22 heavy (non-hydrogen) atoms. The maximum atomic E-state index is 4.38. The summed E-state index contributed by atoms with van der Waals surface area (Å²) in [6, 6.07) is 0. The third-order valence-electron chi connectivity index (χ3n) is 5.27. The van der Waals surface area contributed by atoms with Gasteiger partial charge in [-0.05, 0) is 55.1 Å². The third kappa shape index (κ3) is 5.04. The molecule has 0 spiro atoms. The molecule has 0 radical (unpaired) electrons. The van der Waals surface area contributed by atoms with Crippen LogP contribution in [0.2, 0.25) is 0 Å². The Bertz CT molecular complexity index is 450. The Kier molecular flexibility index (Phi) is 6.52. The molecule has 1 saturated heterocycles. The molecule has 1 fully saturated rings. The molecule has 0 N–H and O–H groups in total. The Morgan fingerprint density at radius 2 is 1.50 bits per heavy atom. The van der Waals surface area contributed by atoms with Crippen LogP contribution in [0.3, 0.4) is 0 Å². The van der Waals surface area contributed by atoms with Gasteiger partial charge in [0.1, 0.15) is 0 Å². The van der Waals surface area contributed by atoms with Crippen LogP contribution < -0.4 is 0 Å². The summed E-state index contributed by atoms with van der Waals surface area (Å²) in [7, 11) is 0. The van der Waals surface area contributed by atoms with Gasteiger partial charge in [-0.15, -0.1) is 0 Å². The molecule has 0 aromatic carbocycles. The highest BCUT2D eigenvalue weighted by molar-refractivity contribution is 5.37. The van der Waals surface area contributed by atoms with E-state index in [1.807, 2.05) is 0 Å². The number of hydrogen-bond acceptors (Lipinski definition) is 1. The van der Waals surface area contributed by atoms with E-state index in [0.717, 1.165) is 13.1 Å². The predicted octanol–water partition coefficient (Wildman–Crippen LogP) is 6.20. The second-order valence-corrected chi connectivity index (χ2v) is 8.37. The van der Waals surface area contributed by atoms with Gasteiger partial charge in [0.25, 0.3) is 0 Å². The minimum Gasteiger partial charge on any atom is -0.372 e. The summed E-state index contributed by atoms with van der Waals surface area (Å²) in [6.45, 7) is 25.0. The van der Waals surface area contributed by atoms with Gasteiger partial charge >= 0.3 is 0 Å². The lowest BCUT2D eigenvalue weighted by Crippen LogP contribution is -2.36. The molecular formula is C21H37N. The van der Waals surface area contributed by atoms with Crippen LogP contribution in [0, 0.1) is 17.3 Å². The molecule has 1 heterocycles. The van der Waals surface area contributed by atoms with E-state index < -0.39 is 0 Å². The normalized spacial score (nSPS) is 20.5. The number of nitrogens with zero attached hydrogens (tertiary/aromatic N) is 1. The van der Waals surface area contributed by atoms with E-state index in [1.165, 1.54) is 35.3 Å². The Labute approximate surface area is 139 Å². The summed E-state index contributed by atoms with van der Waals surface area (Å²) in [5, 5.41) is 0. The Balaban J connectivity index is 2.91. The Morgan fingerprint density at radius 3 is 1.91 bits per heavy atom. The maximum Gasteiger partial charge on any atom is 0.0322 e. The van der Waals surface area contributed by atoms with Crippen LogP contribution in [-0.2, 0) is 0 Å². The van der Waals surface area contributed by atoms with Crippen LogP contribution in [0.5, 0.6) is 0 Å². The lowest BCUT2D eigenvalue weighted by Gasteiger charge is -2.39. The van der Waals surface area contributed by atoms with Gasteiger partial charge in [0.15, 0.2) is 0 Å². The summed E-state index contributed by atoms with van der Waals surface area (Å²) in [5.74, 6) is 1.16. The summed E-state index contributed by atoms with van der Waals surface area (Å²) in [4.78, 5) is 2.47. The number of allylic oxidation sites excluding steroid dienone is 4.